The maximum absolute atomic E-state index is 12.5. The van der Waals surface area contributed by atoms with Gasteiger partial charge in [0.05, 0.1) is 0 Å². The fourth-order valence-corrected chi connectivity index (χ4v) is 8.29. The first-order valence-electron chi connectivity index (χ1n) is 15.7. The lowest BCUT2D eigenvalue weighted by atomic mass is 9.74. The van der Waals surface area contributed by atoms with Crippen LogP contribution in [0.1, 0.15) is 121 Å². The molecule has 4 nitrogen and oxygen atoms in total. The van der Waals surface area contributed by atoms with E-state index < -0.39 is 0 Å². The minimum Gasteiger partial charge on any atom is -0.337 e. The van der Waals surface area contributed by atoms with Crippen molar-refractivity contribution in [3.63, 3.8) is 0 Å². The SMILES string of the molecule is CC(C)C1CC(C[C@H](C)C2CCC(CC(C)C3CCC(=O)N3C(C)C)N(C(C)C)C2)CCN1C(C)C. The number of hydrogen-bond acceptors (Lipinski definition) is 3. The van der Waals surface area contributed by atoms with Gasteiger partial charge in [-0.2, -0.15) is 0 Å². The summed E-state index contributed by atoms with van der Waals surface area (Å²) in [7, 11) is 0. The van der Waals surface area contributed by atoms with Crippen molar-refractivity contribution in [2.45, 2.75) is 157 Å². The smallest absolute Gasteiger partial charge is 0.223 e. The first kappa shape index (κ1) is 29.9. The number of piperidine rings is 2. The maximum Gasteiger partial charge on any atom is 0.223 e. The third-order valence-corrected chi connectivity index (χ3v) is 10.3. The molecule has 7 atom stereocenters. The van der Waals surface area contributed by atoms with Crippen molar-refractivity contribution in [3.05, 3.63) is 0 Å². The van der Waals surface area contributed by atoms with Crippen LogP contribution in [0.15, 0.2) is 0 Å². The quantitative estimate of drug-likeness (QED) is 0.319. The molecule has 0 N–H and O–H groups in total. The summed E-state index contributed by atoms with van der Waals surface area (Å²) in [5, 5.41) is 0. The van der Waals surface area contributed by atoms with Crippen LogP contribution in [0.3, 0.4) is 0 Å². The highest BCUT2D eigenvalue weighted by molar-refractivity contribution is 5.79. The highest BCUT2D eigenvalue weighted by atomic mass is 16.2. The molecule has 3 aliphatic heterocycles. The molecule has 0 aromatic heterocycles. The summed E-state index contributed by atoms with van der Waals surface area (Å²) in [6.07, 6.45) is 9.97. The van der Waals surface area contributed by atoms with E-state index in [1.165, 1.54) is 51.6 Å². The van der Waals surface area contributed by atoms with Gasteiger partial charge in [0.1, 0.15) is 0 Å². The molecule has 0 saturated carbocycles. The fraction of sp³-hybridized carbons (Fsp3) is 0.969. The zero-order valence-corrected chi connectivity index (χ0v) is 25.7. The summed E-state index contributed by atoms with van der Waals surface area (Å²) >= 11 is 0. The van der Waals surface area contributed by atoms with Gasteiger partial charge in [-0.25, -0.2) is 0 Å². The Bertz CT molecular complexity index is 689. The lowest BCUT2D eigenvalue weighted by Gasteiger charge is -2.47. The van der Waals surface area contributed by atoms with Crippen LogP contribution < -0.4 is 0 Å². The Morgan fingerprint density at radius 1 is 0.722 bits per heavy atom. The minimum absolute atomic E-state index is 0.327. The highest BCUT2D eigenvalue weighted by Crippen LogP contribution is 2.39. The molecule has 0 spiro atoms. The van der Waals surface area contributed by atoms with E-state index in [2.05, 4.69) is 83.9 Å². The molecule has 6 unspecified atom stereocenters. The molecule has 210 valence electrons. The lowest BCUT2D eigenvalue weighted by Crippen LogP contribution is -2.51. The van der Waals surface area contributed by atoms with Crippen molar-refractivity contribution in [1.29, 1.82) is 0 Å². The fourth-order valence-electron chi connectivity index (χ4n) is 8.29. The number of likely N-dealkylation sites (tertiary alicyclic amines) is 3. The normalized spacial score (nSPS) is 32.9. The zero-order valence-electron chi connectivity index (χ0n) is 25.7. The number of nitrogens with zero attached hydrogens (tertiary/aromatic N) is 3. The first-order valence-corrected chi connectivity index (χ1v) is 15.7. The van der Waals surface area contributed by atoms with Gasteiger partial charge in [0, 0.05) is 49.2 Å². The first-order chi connectivity index (χ1) is 16.9. The largest absolute Gasteiger partial charge is 0.337 e. The number of carbonyl (C=O) groups is 1. The third-order valence-electron chi connectivity index (χ3n) is 10.3. The van der Waals surface area contributed by atoms with Gasteiger partial charge < -0.3 is 4.90 Å². The van der Waals surface area contributed by atoms with Crippen molar-refractivity contribution in [1.82, 2.24) is 14.7 Å². The number of carbonyl (C=O) groups excluding carboxylic acids is 1. The van der Waals surface area contributed by atoms with Crippen molar-refractivity contribution in [3.8, 4) is 0 Å². The Morgan fingerprint density at radius 3 is 1.97 bits per heavy atom. The summed E-state index contributed by atoms with van der Waals surface area (Å²) in [4.78, 5) is 20.3. The van der Waals surface area contributed by atoms with E-state index in [9.17, 15) is 4.79 Å². The van der Waals surface area contributed by atoms with Crippen LogP contribution in [0.25, 0.3) is 0 Å². The predicted octanol–water partition coefficient (Wildman–Crippen LogP) is 7.07. The predicted molar refractivity (Wildman–Crippen MR) is 154 cm³/mol. The van der Waals surface area contributed by atoms with E-state index in [1.807, 2.05) is 0 Å². The molecule has 3 aliphatic rings. The molecular weight excluding hydrogens is 442 g/mol. The molecule has 0 aromatic carbocycles. The number of hydrogen-bond donors (Lipinski definition) is 0. The summed E-state index contributed by atoms with van der Waals surface area (Å²) in [5.41, 5.74) is 0. The monoisotopic (exact) mass is 503 g/mol. The Kier molecular flexibility index (Phi) is 10.8. The second kappa shape index (κ2) is 13.0. The van der Waals surface area contributed by atoms with Crippen molar-refractivity contribution < 1.29 is 4.79 Å². The van der Waals surface area contributed by atoms with Crippen molar-refractivity contribution in [2.24, 2.45) is 29.6 Å². The van der Waals surface area contributed by atoms with Crippen LogP contribution in [-0.4, -0.2) is 69.9 Å². The Balaban J connectivity index is 1.57. The molecule has 0 aromatic rings. The maximum atomic E-state index is 12.5. The molecular formula is C32H61N3O. The summed E-state index contributed by atoms with van der Waals surface area (Å²) < 4.78 is 0. The van der Waals surface area contributed by atoms with Gasteiger partial charge in [0.25, 0.3) is 0 Å². The van der Waals surface area contributed by atoms with Crippen LogP contribution in [0.2, 0.25) is 0 Å². The topological polar surface area (TPSA) is 26.8 Å². The zero-order chi connectivity index (χ0) is 26.7. The summed E-state index contributed by atoms with van der Waals surface area (Å²) in [6.45, 7) is 26.3. The van der Waals surface area contributed by atoms with Crippen LogP contribution in [0, 0.1) is 29.6 Å². The summed E-state index contributed by atoms with van der Waals surface area (Å²) in [5.74, 6) is 4.25. The standard InChI is InChI=1S/C32H61N3O/c1-21(2)31-19-27(15-16-33(31)22(3)4)17-25(9)28-11-12-29(34(20-28)23(5)6)18-26(10)30-13-14-32(36)35(30)24(7)8/h21-31H,11-20H2,1-10H3/t25-,26?,27?,28?,29?,30?,31?/m0/s1. The van der Waals surface area contributed by atoms with E-state index in [0.29, 0.717) is 42.0 Å². The van der Waals surface area contributed by atoms with Crippen LogP contribution in [0.4, 0.5) is 0 Å². The van der Waals surface area contributed by atoms with Crippen molar-refractivity contribution in [2.75, 3.05) is 13.1 Å². The van der Waals surface area contributed by atoms with E-state index in [0.717, 1.165) is 42.6 Å². The number of rotatable bonds is 10. The highest BCUT2D eigenvalue weighted by Gasteiger charge is 2.40. The minimum atomic E-state index is 0.327. The van der Waals surface area contributed by atoms with Crippen LogP contribution in [0.5, 0.6) is 0 Å². The van der Waals surface area contributed by atoms with E-state index in [1.54, 1.807) is 0 Å². The Labute approximate surface area is 224 Å². The average Bonchev–Trinajstić information content (AvgIpc) is 3.20. The number of amides is 1. The van der Waals surface area contributed by atoms with E-state index in [-0.39, 0.29) is 0 Å². The Morgan fingerprint density at radius 2 is 1.39 bits per heavy atom. The van der Waals surface area contributed by atoms with Crippen LogP contribution in [-0.2, 0) is 4.79 Å². The molecule has 3 heterocycles. The van der Waals surface area contributed by atoms with Gasteiger partial charge in [0.15, 0.2) is 0 Å². The second-order valence-corrected chi connectivity index (χ2v) is 14.2. The van der Waals surface area contributed by atoms with Crippen molar-refractivity contribution >= 4 is 5.91 Å². The Hall–Kier alpha value is -0.610. The molecule has 36 heavy (non-hydrogen) atoms. The molecule has 4 heteroatoms. The van der Waals surface area contributed by atoms with Gasteiger partial charge in [-0.05, 0) is 123 Å². The molecule has 0 aliphatic carbocycles. The summed E-state index contributed by atoms with van der Waals surface area (Å²) in [6, 6.07) is 3.47. The molecule has 3 fully saturated rings. The third kappa shape index (κ3) is 7.07. The molecule has 3 saturated heterocycles. The van der Waals surface area contributed by atoms with Gasteiger partial charge in [-0.15, -0.1) is 0 Å². The molecule has 1 amide bonds. The van der Waals surface area contributed by atoms with Gasteiger partial charge >= 0.3 is 0 Å². The molecule has 0 bridgehead atoms. The van der Waals surface area contributed by atoms with E-state index in [4.69, 9.17) is 0 Å². The van der Waals surface area contributed by atoms with Gasteiger partial charge in [-0.3, -0.25) is 14.6 Å². The van der Waals surface area contributed by atoms with Crippen LogP contribution >= 0.6 is 0 Å². The van der Waals surface area contributed by atoms with Gasteiger partial charge in [0.2, 0.25) is 5.91 Å². The lowest BCUT2D eigenvalue weighted by molar-refractivity contribution is -0.131. The molecule has 0 radical (unpaired) electrons. The average molecular weight is 504 g/mol. The van der Waals surface area contributed by atoms with E-state index >= 15 is 0 Å². The van der Waals surface area contributed by atoms with Gasteiger partial charge in [-0.1, -0.05) is 27.7 Å². The second-order valence-electron chi connectivity index (χ2n) is 14.2. The molecule has 3 rings (SSSR count).